The lowest BCUT2D eigenvalue weighted by Gasteiger charge is -2.24. The number of thioether (sulfide) groups is 3. The van der Waals surface area contributed by atoms with Crippen LogP contribution in [0.5, 0.6) is 0 Å². The van der Waals surface area contributed by atoms with Crippen molar-refractivity contribution in [2.45, 2.75) is 3.41 Å². The molecule has 0 fully saturated rings. The van der Waals surface area contributed by atoms with Crippen LogP contribution in [0.3, 0.4) is 0 Å². The lowest BCUT2D eigenvalue weighted by molar-refractivity contribution is 0.0976. The zero-order chi connectivity index (χ0) is 10.6. The van der Waals surface area contributed by atoms with Gasteiger partial charge in [0, 0.05) is 0 Å². The molecule has 0 unspecified atom stereocenters. The standard InChI is InChI=1S/C9H12O2S3/c1-12-9(13-2,14-3)8(10)7-5-4-6-11-7/h4-6H,1-3H3. The lowest BCUT2D eigenvalue weighted by atomic mass is 10.3. The zero-order valence-electron chi connectivity index (χ0n) is 8.27. The van der Waals surface area contributed by atoms with Gasteiger partial charge in [0.2, 0.25) is 5.78 Å². The van der Waals surface area contributed by atoms with Crippen LogP contribution in [-0.4, -0.2) is 28.0 Å². The van der Waals surface area contributed by atoms with E-state index in [2.05, 4.69) is 0 Å². The van der Waals surface area contributed by atoms with Crippen LogP contribution in [0.1, 0.15) is 10.6 Å². The molecule has 78 valence electrons. The molecule has 0 radical (unpaired) electrons. The maximum Gasteiger partial charge on any atom is 0.234 e. The molecule has 0 bridgehead atoms. The molecule has 1 aromatic rings. The van der Waals surface area contributed by atoms with Crippen LogP contribution in [0.25, 0.3) is 0 Å². The molecule has 0 aliphatic heterocycles. The number of carbonyl (C=O) groups is 1. The molecule has 0 amide bonds. The van der Waals surface area contributed by atoms with Gasteiger partial charge in [0.05, 0.1) is 6.26 Å². The summed E-state index contributed by atoms with van der Waals surface area (Å²) in [5, 5.41) is 0. The Labute approximate surface area is 96.6 Å². The predicted molar refractivity (Wildman–Crippen MR) is 66.3 cm³/mol. The van der Waals surface area contributed by atoms with Crippen LogP contribution in [0.4, 0.5) is 0 Å². The third kappa shape index (κ3) is 2.15. The molecule has 0 saturated carbocycles. The van der Waals surface area contributed by atoms with Gasteiger partial charge in [-0.15, -0.1) is 35.3 Å². The molecular weight excluding hydrogens is 236 g/mol. The minimum atomic E-state index is -0.474. The topological polar surface area (TPSA) is 30.2 Å². The fraction of sp³-hybridized carbons (Fsp3) is 0.444. The van der Waals surface area contributed by atoms with Crippen LogP contribution < -0.4 is 0 Å². The SMILES string of the molecule is CSC(SC)(SC)C(=O)c1ccco1. The Balaban J connectivity index is 2.95. The number of carbonyl (C=O) groups excluding carboxylic acids is 1. The Hall–Kier alpha value is -0.000000000000000278. The molecule has 0 spiro atoms. The Kier molecular flexibility index (Phi) is 4.47. The van der Waals surface area contributed by atoms with E-state index in [0.717, 1.165) is 0 Å². The maximum absolute atomic E-state index is 12.1. The molecule has 14 heavy (non-hydrogen) atoms. The van der Waals surface area contributed by atoms with Crippen molar-refractivity contribution in [2.75, 3.05) is 18.8 Å². The number of hydrogen-bond acceptors (Lipinski definition) is 5. The van der Waals surface area contributed by atoms with Gasteiger partial charge in [-0.1, -0.05) is 0 Å². The molecule has 0 aliphatic rings. The van der Waals surface area contributed by atoms with Crippen LogP contribution in [0.15, 0.2) is 22.8 Å². The summed E-state index contributed by atoms with van der Waals surface area (Å²) in [6, 6.07) is 3.44. The summed E-state index contributed by atoms with van der Waals surface area (Å²) >= 11 is 4.62. The fourth-order valence-electron chi connectivity index (χ4n) is 1.09. The van der Waals surface area contributed by atoms with E-state index < -0.39 is 3.41 Å². The first-order valence-corrected chi connectivity index (χ1v) is 7.61. The van der Waals surface area contributed by atoms with Crippen LogP contribution in [0.2, 0.25) is 0 Å². The lowest BCUT2D eigenvalue weighted by Crippen LogP contribution is -2.26. The minimum Gasteiger partial charge on any atom is -0.461 e. The van der Waals surface area contributed by atoms with Crippen LogP contribution >= 0.6 is 35.3 Å². The van der Waals surface area contributed by atoms with Crippen molar-refractivity contribution in [2.24, 2.45) is 0 Å². The molecular formula is C9H12O2S3. The summed E-state index contributed by atoms with van der Waals surface area (Å²) in [5.74, 6) is 0.470. The van der Waals surface area contributed by atoms with Gasteiger partial charge in [0.25, 0.3) is 0 Å². The average molecular weight is 248 g/mol. The summed E-state index contributed by atoms with van der Waals surface area (Å²) in [6.07, 6.45) is 7.34. The maximum atomic E-state index is 12.1. The molecule has 1 heterocycles. The van der Waals surface area contributed by atoms with Crippen molar-refractivity contribution in [3.05, 3.63) is 24.2 Å². The van der Waals surface area contributed by atoms with Crippen molar-refractivity contribution in [1.82, 2.24) is 0 Å². The highest BCUT2D eigenvalue weighted by atomic mass is 32.3. The first-order chi connectivity index (χ1) is 6.70. The van der Waals surface area contributed by atoms with Crippen molar-refractivity contribution in [3.8, 4) is 0 Å². The number of rotatable bonds is 5. The van der Waals surface area contributed by atoms with Gasteiger partial charge in [0.1, 0.15) is 0 Å². The van der Waals surface area contributed by atoms with Gasteiger partial charge >= 0.3 is 0 Å². The summed E-state index contributed by atoms with van der Waals surface area (Å²) < 4.78 is 4.64. The molecule has 1 rings (SSSR count). The van der Waals surface area contributed by atoms with E-state index in [4.69, 9.17) is 4.42 Å². The van der Waals surface area contributed by atoms with Crippen molar-refractivity contribution in [1.29, 1.82) is 0 Å². The second-order valence-corrected chi connectivity index (χ2v) is 6.31. The van der Waals surface area contributed by atoms with E-state index in [1.165, 1.54) is 6.26 Å². The van der Waals surface area contributed by atoms with Crippen molar-refractivity contribution in [3.63, 3.8) is 0 Å². The highest BCUT2D eigenvalue weighted by Crippen LogP contribution is 2.45. The monoisotopic (exact) mass is 248 g/mol. The summed E-state index contributed by atoms with van der Waals surface area (Å²) in [5.41, 5.74) is 0. The Bertz CT molecular complexity index is 283. The molecule has 5 heteroatoms. The van der Waals surface area contributed by atoms with Gasteiger partial charge in [-0.2, -0.15) is 0 Å². The number of ketones is 1. The molecule has 0 atom stereocenters. The van der Waals surface area contributed by atoms with E-state index in [1.54, 1.807) is 47.4 Å². The van der Waals surface area contributed by atoms with E-state index in [0.29, 0.717) is 5.76 Å². The quantitative estimate of drug-likeness (QED) is 0.590. The molecule has 1 aromatic heterocycles. The molecule has 0 saturated heterocycles. The normalized spacial score (nSPS) is 11.6. The molecule has 0 aromatic carbocycles. The third-order valence-corrected chi connectivity index (χ3v) is 7.00. The van der Waals surface area contributed by atoms with E-state index >= 15 is 0 Å². The molecule has 2 nitrogen and oxygen atoms in total. The van der Waals surface area contributed by atoms with E-state index in [1.807, 2.05) is 18.8 Å². The highest BCUT2D eigenvalue weighted by Gasteiger charge is 2.38. The number of Topliss-reactive ketones (excluding diaryl/α,β-unsaturated/α-hetero) is 1. The minimum absolute atomic E-state index is 0.0370. The van der Waals surface area contributed by atoms with Crippen LogP contribution in [-0.2, 0) is 0 Å². The van der Waals surface area contributed by atoms with E-state index in [9.17, 15) is 4.79 Å². The third-order valence-electron chi connectivity index (χ3n) is 1.83. The first kappa shape index (κ1) is 12.1. The smallest absolute Gasteiger partial charge is 0.234 e. The first-order valence-electron chi connectivity index (χ1n) is 3.94. The second kappa shape index (κ2) is 5.19. The van der Waals surface area contributed by atoms with Gasteiger partial charge in [-0.25, -0.2) is 0 Å². The second-order valence-electron chi connectivity index (χ2n) is 2.47. The number of furan rings is 1. The highest BCUT2D eigenvalue weighted by molar-refractivity contribution is 8.34. The Morgan fingerprint density at radius 1 is 1.29 bits per heavy atom. The fourth-order valence-corrected chi connectivity index (χ4v) is 3.94. The summed E-state index contributed by atoms with van der Waals surface area (Å²) in [6.45, 7) is 0. The van der Waals surface area contributed by atoms with Crippen molar-refractivity contribution >= 4 is 41.1 Å². The van der Waals surface area contributed by atoms with Gasteiger partial charge in [-0.3, -0.25) is 4.79 Å². The van der Waals surface area contributed by atoms with Gasteiger partial charge in [-0.05, 0) is 30.9 Å². The summed E-state index contributed by atoms with van der Waals surface area (Å²) in [7, 11) is 0. The zero-order valence-corrected chi connectivity index (χ0v) is 10.7. The largest absolute Gasteiger partial charge is 0.461 e. The van der Waals surface area contributed by atoms with E-state index in [-0.39, 0.29) is 5.78 Å². The molecule has 0 aliphatic carbocycles. The number of hydrogen-bond donors (Lipinski definition) is 0. The van der Waals surface area contributed by atoms with Crippen LogP contribution in [0, 0.1) is 0 Å². The van der Waals surface area contributed by atoms with Gasteiger partial charge < -0.3 is 4.42 Å². The summed E-state index contributed by atoms with van der Waals surface area (Å²) in [4.78, 5) is 12.1. The van der Waals surface area contributed by atoms with Gasteiger partial charge in [0.15, 0.2) is 9.17 Å². The Morgan fingerprint density at radius 3 is 2.21 bits per heavy atom. The molecule has 0 N–H and O–H groups in total. The Morgan fingerprint density at radius 2 is 1.86 bits per heavy atom. The average Bonchev–Trinajstić information content (AvgIpc) is 2.74. The van der Waals surface area contributed by atoms with Crippen molar-refractivity contribution < 1.29 is 9.21 Å². The predicted octanol–water partition coefficient (Wildman–Crippen LogP) is 3.21.